The molecule has 0 aliphatic rings. The molecule has 0 aliphatic carbocycles. The van der Waals surface area contributed by atoms with Crippen LogP contribution in [0.15, 0.2) is 10.5 Å². The molecule has 68 valence electrons. The van der Waals surface area contributed by atoms with Gasteiger partial charge in [-0.25, -0.2) is 8.78 Å². The number of alkyl halides is 2. The van der Waals surface area contributed by atoms with Crippen molar-refractivity contribution < 1.29 is 8.78 Å². The van der Waals surface area contributed by atoms with Crippen LogP contribution in [0.3, 0.4) is 0 Å². The molecule has 0 bridgehead atoms. The summed E-state index contributed by atoms with van der Waals surface area (Å²) >= 11 is 3.03. The van der Waals surface area contributed by atoms with Gasteiger partial charge in [0.2, 0.25) is 0 Å². The minimum Gasteiger partial charge on any atom is -0.251 e. The maximum absolute atomic E-state index is 12.3. The summed E-state index contributed by atoms with van der Waals surface area (Å²) in [6, 6.07) is 3.22. The van der Waals surface area contributed by atoms with Gasteiger partial charge in [0.25, 0.3) is 6.43 Å². The highest BCUT2D eigenvalue weighted by Gasteiger charge is 2.17. The van der Waals surface area contributed by atoms with E-state index in [0.29, 0.717) is 10.2 Å². The van der Waals surface area contributed by atoms with Gasteiger partial charge < -0.3 is 0 Å². The second kappa shape index (κ2) is 3.79. The van der Waals surface area contributed by atoms with Gasteiger partial charge in [-0.1, -0.05) is 0 Å². The van der Waals surface area contributed by atoms with Crippen molar-refractivity contribution in [2.45, 2.75) is 13.3 Å². The molecule has 0 spiro atoms. The van der Waals surface area contributed by atoms with E-state index in [1.807, 2.05) is 0 Å². The van der Waals surface area contributed by atoms with E-state index < -0.39 is 12.1 Å². The number of aryl methyl sites for hydroxylation is 1. The Bertz CT molecular complexity index is 371. The molecule has 0 atom stereocenters. The van der Waals surface area contributed by atoms with Gasteiger partial charge in [-0.15, -0.1) is 0 Å². The Labute approximate surface area is 82.3 Å². The molecule has 0 radical (unpaired) electrons. The molecule has 1 aromatic rings. The van der Waals surface area contributed by atoms with Crippen molar-refractivity contribution in [1.82, 2.24) is 4.98 Å². The SMILES string of the molecule is Cc1cc(Br)c(C#N)c(C(F)F)n1. The average Bonchev–Trinajstić information content (AvgIpc) is 2.02. The molecule has 0 saturated carbocycles. The minimum absolute atomic E-state index is 0.0967. The fraction of sp³-hybridized carbons (Fsp3) is 0.250. The third-order valence-corrected chi connectivity index (χ3v) is 2.07. The standard InChI is InChI=1S/C8H5BrF2N2/c1-4-2-6(9)5(3-12)7(13-4)8(10)11/h2,8H,1H3. The van der Waals surface area contributed by atoms with Crippen molar-refractivity contribution in [2.75, 3.05) is 0 Å². The van der Waals surface area contributed by atoms with Crippen molar-refractivity contribution in [3.8, 4) is 6.07 Å². The Morgan fingerprint density at radius 3 is 2.69 bits per heavy atom. The van der Waals surface area contributed by atoms with E-state index in [1.54, 1.807) is 13.0 Å². The summed E-state index contributed by atoms with van der Waals surface area (Å²) in [5.74, 6) is 0. The minimum atomic E-state index is -2.72. The van der Waals surface area contributed by atoms with Crippen LogP contribution < -0.4 is 0 Å². The van der Waals surface area contributed by atoms with Crippen molar-refractivity contribution in [2.24, 2.45) is 0 Å². The highest BCUT2D eigenvalue weighted by Crippen LogP contribution is 2.26. The molecule has 0 N–H and O–H groups in total. The zero-order valence-electron chi connectivity index (χ0n) is 6.68. The summed E-state index contributed by atoms with van der Waals surface area (Å²) in [5.41, 5.74) is -0.101. The van der Waals surface area contributed by atoms with Gasteiger partial charge in [-0.05, 0) is 28.9 Å². The van der Waals surface area contributed by atoms with Crippen LogP contribution in [-0.4, -0.2) is 4.98 Å². The van der Waals surface area contributed by atoms with Crippen LogP contribution in [0.4, 0.5) is 8.78 Å². The van der Waals surface area contributed by atoms with E-state index in [4.69, 9.17) is 5.26 Å². The fourth-order valence-electron chi connectivity index (χ4n) is 0.925. The average molecular weight is 247 g/mol. The Morgan fingerprint density at radius 2 is 2.23 bits per heavy atom. The molecular formula is C8H5BrF2N2. The van der Waals surface area contributed by atoms with Crippen LogP contribution >= 0.6 is 15.9 Å². The number of pyridine rings is 1. The van der Waals surface area contributed by atoms with Gasteiger partial charge >= 0.3 is 0 Å². The largest absolute Gasteiger partial charge is 0.281 e. The molecule has 5 heteroatoms. The molecule has 0 aromatic carbocycles. The van der Waals surface area contributed by atoms with E-state index in [2.05, 4.69) is 20.9 Å². The predicted octanol–water partition coefficient (Wildman–Crippen LogP) is 2.96. The topological polar surface area (TPSA) is 36.7 Å². The summed E-state index contributed by atoms with van der Waals surface area (Å²) in [6.45, 7) is 1.60. The maximum Gasteiger partial charge on any atom is 0.281 e. The summed E-state index contributed by atoms with van der Waals surface area (Å²) in [6.07, 6.45) is -2.72. The van der Waals surface area contributed by atoms with Crippen LogP contribution in [0.5, 0.6) is 0 Å². The van der Waals surface area contributed by atoms with E-state index in [0.717, 1.165) is 0 Å². The second-order valence-corrected chi connectivity index (χ2v) is 3.27. The summed E-state index contributed by atoms with van der Waals surface area (Å²) in [5, 5.41) is 8.59. The maximum atomic E-state index is 12.3. The first-order valence-corrected chi connectivity index (χ1v) is 4.21. The van der Waals surface area contributed by atoms with Crippen LogP contribution in [-0.2, 0) is 0 Å². The Hall–Kier alpha value is -1.02. The van der Waals surface area contributed by atoms with Gasteiger partial charge in [0, 0.05) is 10.2 Å². The Morgan fingerprint density at radius 1 is 1.62 bits per heavy atom. The molecule has 1 heterocycles. The smallest absolute Gasteiger partial charge is 0.251 e. The normalized spacial score (nSPS) is 10.2. The van der Waals surface area contributed by atoms with Crippen LogP contribution in [0.1, 0.15) is 23.4 Å². The molecule has 13 heavy (non-hydrogen) atoms. The van der Waals surface area contributed by atoms with Gasteiger partial charge in [0.1, 0.15) is 11.8 Å². The van der Waals surface area contributed by atoms with Crippen LogP contribution in [0.25, 0.3) is 0 Å². The lowest BCUT2D eigenvalue weighted by Gasteiger charge is -2.04. The molecule has 0 fully saturated rings. The molecule has 2 nitrogen and oxygen atoms in total. The second-order valence-electron chi connectivity index (χ2n) is 2.42. The van der Waals surface area contributed by atoms with E-state index >= 15 is 0 Å². The number of halogens is 3. The molecule has 0 saturated heterocycles. The lowest BCUT2D eigenvalue weighted by atomic mass is 10.2. The Balaban J connectivity index is 3.41. The first-order valence-electron chi connectivity index (χ1n) is 3.41. The lowest BCUT2D eigenvalue weighted by Crippen LogP contribution is -1.98. The number of nitrogens with zero attached hydrogens (tertiary/aromatic N) is 2. The zero-order chi connectivity index (χ0) is 10.0. The molecular weight excluding hydrogens is 242 g/mol. The highest BCUT2D eigenvalue weighted by molar-refractivity contribution is 9.10. The van der Waals surface area contributed by atoms with Crippen LogP contribution in [0, 0.1) is 18.3 Å². The first-order chi connectivity index (χ1) is 6.06. The number of aromatic nitrogens is 1. The molecule has 1 aromatic heterocycles. The molecule has 0 aliphatic heterocycles. The van der Waals surface area contributed by atoms with Crippen molar-refractivity contribution in [1.29, 1.82) is 5.26 Å². The molecule has 0 amide bonds. The van der Waals surface area contributed by atoms with Gasteiger partial charge in [0.15, 0.2) is 0 Å². The third kappa shape index (κ3) is 2.01. The van der Waals surface area contributed by atoms with E-state index in [-0.39, 0.29) is 5.56 Å². The molecule has 1 rings (SSSR count). The first kappa shape index (κ1) is 10.1. The van der Waals surface area contributed by atoms with Crippen LogP contribution in [0.2, 0.25) is 0 Å². The highest BCUT2D eigenvalue weighted by atomic mass is 79.9. The number of nitriles is 1. The fourth-order valence-corrected chi connectivity index (χ4v) is 1.55. The van der Waals surface area contributed by atoms with Gasteiger partial charge in [-0.2, -0.15) is 5.26 Å². The van der Waals surface area contributed by atoms with Crippen molar-refractivity contribution in [3.05, 3.63) is 27.5 Å². The van der Waals surface area contributed by atoms with E-state index in [1.165, 1.54) is 6.07 Å². The van der Waals surface area contributed by atoms with Gasteiger partial charge in [-0.3, -0.25) is 4.98 Å². The number of hydrogen-bond acceptors (Lipinski definition) is 2. The van der Waals surface area contributed by atoms with Gasteiger partial charge in [0.05, 0.1) is 5.56 Å². The summed E-state index contributed by atoms with van der Waals surface area (Å²) in [4.78, 5) is 3.60. The zero-order valence-corrected chi connectivity index (χ0v) is 8.27. The quantitative estimate of drug-likeness (QED) is 0.764. The van der Waals surface area contributed by atoms with E-state index in [9.17, 15) is 8.78 Å². The molecule has 0 unspecified atom stereocenters. The third-order valence-electron chi connectivity index (χ3n) is 1.45. The van der Waals surface area contributed by atoms with Crippen molar-refractivity contribution in [3.63, 3.8) is 0 Å². The predicted molar refractivity (Wildman–Crippen MR) is 46.3 cm³/mol. The monoisotopic (exact) mass is 246 g/mol. The Kier molecular flexibility index (Phi) is 2.94. The number of rotatable bonds is 1. The van der Waals surface area contributed by atoms with Crippen molar-refractivity contribution >= 4 is 15.9 Å². The summed E-state index contributed by atoms with van der Waals surface area (Å²) in [7, 11) is 0. The summed E-state index contributed by atoms with van der Waals surface area (Å²) < 4.78 is 25.0. The lowest BCUT2D eigenvalue weighted by molar-refractivity contribution is 0.145. The number of hydrogen-bond donors (Lipinski definition) is 0.